The zero-order chi connectivity index (χ0) is 15.0. The largest absolute Gasteiger partial charge is 0.376 e. The molecule has 1 aromatic carbocycles. The van der Waals surface area contributed by atoms with E-state index in [1.54, 1.807) is 0 Å². The molecule has 0 radical (unpaired) electrons. The molecule has 1 saturated heterocycles. The van der Waals surface area contributed by atoms with Crippen LogP contribution in [-0.2, 0) is 10.3 Å². The molecular weight excluding hydrogens is 262 g/mol. The summed E-state index contributed by atoms with van der Waals surface area (Å²) in [5.41, 5.74) is 9.92. The SMILES string of the molecule is Cc1ccc(C2(C)CN=C(N)N2CC2CCCO2)cc1C. The highest BCUT2D eigenvalue weighted by atomic mass is 16.5. The molecule has 2 atom stereocenters. The second-order valence-corrected chi connectivity index (χ2v) is 6.49. The fraction of sp³-hybridized carbons (Fsp3) is 0.588. The van der Waals surface area contributed by atoms with E-state index < -0.39 is 0 Å². The summed E-state index contributed by atoms with van der Waals surface area (Å²) in [6.07, 6.45) is 2.55. The van der Waals surface area contributed by atoms with Crippen LogP contribution in [0.1, 0.15) is 36.5 Å². The third-order valence-electron chi connectivity index (χ3n) is 4.96. The van der Waals surface area contributed by atoms with Crippen LogP contribution in [-0.4, -0.2) is 36.7 Å². The molecule has 1 aromatic rings. The zero-order valence-electron chi connectivity index (χ0n) is 13.2. The van der Waals surface area contributed by atoms with Gasteiger partial charge in [0.15, 0.2) is 5.96 Å². The third kappa shape index (κ3) is 2.53. The van der Waals surface area contributed by atoms with Gasteiger partial charge < -0.3 is 15.4 Å². The fourth-order valence-electron chi connectivity index (χ4n) is 3.27. The van der Waals surface area contributed by atoms with E-state index in [4.69, 9.17) is 10.5 Å². The Morgan fingerprint density at radius 1 is 1.38 bits per heavy atom. The lowest BCUT2D eigenvalue weighted by atomic mass is 9.88. The lowest BCUT2D eigenvalue weighted by Gasteiger charge is -2.38. The van der Waals surface area contributed by atoms with Crippen LogP contribution >= 0.6 is 0 Å². The minimum atomic E-state index is -0.158. The van der Waals surface area contributed by atoms with E-state index in [2.05, 4.69) is 48.9 Å². The quantitative estimate of drug-likeness (QED) is 0.928. The number of hydrogen-bond donors (Lipinski definition) is 1. The average Bonchev–Trinajstić information content (AvgIpc) is 3.06. The summed E-state index contributed by atoms with van der Waals surface area (Å²) < 4.78 is 5.78. The van der Waals surface area contributed by atoms with Gasteiger partial charge in [0.25, 0.3) is 0 Å². The zero-order valence-corrected chi connectivity index (χ0v) is 13.2. The molecule has 0 bridgehead atoms. The van der Waals surface area contributed by atoms with Crippen molar-refractivity contribution in [3.05, 3.63) is 34.9 Å². The standard InChI is InChI=1S/C17H25N3O/c1-12-6-7-14(9-13(12)2)17(3)11-19-16(18)20(17)10-15-5-4-8-21-15/h6-7,9,15H,4-5,8,10-11H2,1-3H3,(H2,18,19). The van der Waals surface area contributed by atoms with Crippen LogP contribution < -0.4 is 5.73 Å². The highest BCUT2D eigenvalue weighted by molar-refractivity contribution is 5.81. The van der Waals surface area contributed by atoms with E-state index in [0.717, 1.165) is 26.0 Å². The van der Waals surface area contributed by atoms with Gasteiger partial charge in [0.05, 0.1) is 18.2 Å². The minimum Gasteiger partial charge on any atom is -0.376 e. The Bertz CT molecular complexity index is 563. The smallest absolute Gasteiger partial charge is 0.192 e. The molecule has 0 amide bonds. The summed E-state index contributed by atoms with van der Waals surface area (Å²) in [4.78, 5) is 6.74. The Hall–Kier alpha value is -1.55. The van der Waals surface area contributed by atoms with Gasteiger partial charge in [-0.25, -0.2) is 0 Å². The highest BCUT2D eigenvalue weighted by Gasteiger charge is 2.41. The van der Waals surface area contributed by atoms with Gasteiger partial charge in [-0.2, -0.15) is 0 Å². The van der Waals surface area contributed by atoms with Gasteiger partial charge in [0, 0.05) is 13.2 Å². The maximum Gasteiger partial charge on any atom is 0.192 e. The summed E-state index contributed by atoms with van der Waals surface area (Å²) >= 11 is 0. The molecule has 2 heterocycles. The monoisotopic (exact) mass is 287 g/mol. The van der Waals surface area contributed by atoms with Gasteiger partial charge >= 0.3 is 0 Å². The molecule has 4 nitrogen and oxygen atoms in total. The van der Waals surface area contributed by atoms with Crippen molar-refractivity contribution in [1.82, 2.24) is 4.90 Å². The van der Waals surface area contributed by atoms with E-state index in [-0.39, 0.29) is 11.6 Å². The lowest BCUT2D eigenvalue weighted by Crippen LogP contribution is -2.50. The second kappa shape index (κ2) is 5.34. The molecule has 2 aliphatic rings. The van der Waals surface area contributed by atoms with Crippen molar-refractivity contribution in [3.63, 3.8) is 0 Å². The molecule has 114 valence electrons. The Balaban J connectivity index is 1.88. The van der Waals surface area contributed by atoms with Crippen LogP contribution in [0.4, 0.5) is 0 Å². The molecule has 2 unspecified atom stereocenters. The summed E-state index contributed by atoms with van der Waals surface area (Å²) in [7, 11) is 0. The number of nitrogens with two attached hydrogens (primary N) is 1. The number of aryl methyl sites for hydroxylation is 2. The summed E-state index contributed by atoms with van der Waals surface area (Å²) in [6.45, 7) is 8.95. The lowest BCUT2D eigenvalue weighted by molar-refractivity contribution is 0.0690. The van der Waals surface area contributed by atoms with Crippen molar-refractivity contribution in [2.45, 2.75) is 45.3 Å². The Kier molecular flexibility index (Phi) is 3.66. The first-order valence-corrected chi connectivity index (χ1v) is 7.77. The molecular formula is C17H25N3O. The van der Waals surface area contributed by atoms with E-state index >= 15 is 0 Å². The predicted octanol–water partition coefficient (Wildman–Crippen LogP) is 2.33. The first kappa shape index (κ1) is 14.4. The number of guanidine groups is 1. The van der Waals surface area contributed by atoms with Crippen LogP contribution in [0, 0.1) is 13.8 Å². The molecule has 0 spiro atoms. The molecule has 0 aromatic heterocycles. The third-order valence-corrected chi connectivity index (χ3v) is 4.96. The minimum absolute atomic E-state index is 0.158. The van der Waals surface area contributed by atoms with Gasteiger partial charge in [-0.15, -0.1) is 0 Å². The van der Waals surface area contributed by atoms with Crippen molar-refractivity contribution < 1.29 is 4.74 Å². The fourth-order valence-corrected chi connectivity index (χ4v) is 3.27. The van der Waals surface area contributed by atoms with E-state index in [1.165, 1.54) is 16.7 Å². The molecule has 21 heavy (non-hydrogen) atoms. The number of rotatable bonds is 3. The van der Waals surface area contributed by atoms with Crippen LogP contribution in [0.3, 0.4) is 0 Å². The summed E-state index contributed by atoms with van der Waals surface area (Å²) in [5.74, 6) is 0.645. The van der Waals surface area contributed by atoms with Crippen molar-refractivity contribution >= 4 is 5.96 Å². The topological polar surface area (TPSA) is 50.8 Å². The first-order chi connectivity index (χ1) is 10.0. The molecule has 2 N–H and O–H groups in total. The number of hydrogen-bond acceptors (Lipinski definition) is 4. The number of nitrogens with zero attached hydrogens (tertiary/aromatic N) is 2. The molecule has 0 saturated carbocycles. The number of ether oxygens (including phenoxy) is 1. The normalized spacial score (nSPS) is 29.0. The Morgan fingerprint density at radius 3 is 2.86 bits per heavy atom. The maximum absolute atomic E-state index is 6.16. The Morgan fingerprint density at radius 2 is 2.19 bits per heavy atom. The maximum atomic E-state index is 6.16. The number of benzene rings is 1. The molecule has 1 fully saturated rings. The van der Waals surface area contributed by atoms with Gasteiger partial charge in [0.1, 0.15) is 0 Å². The summed E-state index contributed by atoms with van der Waals surface area (Å²) in [6, 6.07) is 6.67. The molecule has 3 rings (SSSR count). The van der Waals surface area contributed by atoms with Crippen molar-refractivity contribution in [1.29, 1.82) is 0 Å². The number of aliphatic imine (C=N–C) groups is 1. The average molecular weight is 287 g/mol. The molecule has 4 heteroatoms. The predicted molar refractivity (Wildman–Crippen MR) is 85.4 cm³/mol. The van der Waals surface area contributed by atoms with Crippen molar-refractivity contribution in [2.24, 2.45) is 10.7 Å². The van der Waals surface area contributed by atoms with Crippen LogP contribution in [0.15, 0.2) is 23.2 Å². The van der Waals surface area contributed by atoms with Crippen molar-refractivity contribution in [3.8, 4) is 0 Å². The van der Waals surface area contributed by atoms with Gasteiger partial charge in [0.2, 0.25) is 0 Å². The van der Waals surface area contributed by atoms with E-state index in [0.29, 0.717) is 12.5 Å². The first-order valence-electron chi connectivity index (χ1n) is 7.77. The van der Waals surface area contributed by atoms with Gasteiger partial charge in [-0.05, 0) is 50.3 Å². The molecule has 2 aliphatic heterocycles. The summed E-state index contributed by atoms with van der Waals surface area (Å²) in [5, 5.41) is 0. The van der Waals surface area contributed by atoms with Gasteiger partial charge in [-0.3, -0.25) is 4.99 Å². The van der Waals surface area contributed by atoms with Crippen molar-refractivity contribution in [2.75, 3.05) is 19.7 Å². The van der Waals surface area contributed by atoms with E-state index in [1.807, 2.05) is 0 Å². The van der Waals surface area contributed by atoms with Crippen LogP contribution in [0.2, 0.25) is 0 Å². The van der Waals surface area contributed by atoms with E-state index in [9.17, 15) is 0 Å². The molecule has 0 aliphatic carbocycles. The van der Waals surface area contributed by atoms with Gasteiger partial charge in [-0.1, -0.05) is 18.2 Å². The highest BCUT2D eigenvalue weighted by Crippen LogP contribution is 2.34. The van der Waals surface area contributed by atoms with Crippen LogP contribution in [0.5, 0.6) is 0 Å². The Labute approximate surface area is 127 Å². The second-order valence-electron chi connectivity index (χ2n) is 6.49. The van der Waals surface area contributed by atoms with Crippen LogP contribution in [0.25, 0.3) is 0 Å².